The van der Waals surface area contributed by atoms with E-state index >= 15 is 0 Å². The van der Waals surface area contributed by atoms with Gasteiger partial charge in [-0.2, -0.15) is 0 Å². The van der Waals surface area contributed by atoms with E-state index < -0.39 is 17.4 Å². The summed E-state index contributed by atoms with van der Waals surface area (Å²) in [6.07, 6.45) is 2.22. The lowest BCUT2D eigenvalue weighted by Crippen LogP contribution is -2.61. The number of rotatable bonds is 6. The zero-order valence-electron chi connectivity index (χ0n) is 19.4. The van der Waals surface area contributed by atoms with Gasteiger partial charge in [0.1, 0.15) is 5.76 Å². The minimum Gasteiger partial charge on any atom is -0.424 e. The fourth-order valence-electron chi connectivity index (χ4n) is 4.62. The van der Waals surface area contributed by atoms with Gasteiger partial charge in [0, 0.05) is 27.9 Å². The molecule has 36 heavy (non-hydrogen) atoms. The number of nitrogens with one attached hydrogen (secondary N) is 1. The third-order valence-corrected chi connectivity index (χ3v) is 6.88. The van der Waals surface area contributed by atoms with Gasteiger partial charge >= 0.3 is 5.97 Å². The Balaban J connectivity index is 1.67. The van der Waals surface area contributed by atoms with Crippen molar-refractivity contribution in [2.45, 2.75) is 17.9 Å². The molecule has 0 spiro atoms. The predicted molar refractivity (Wildman–Crippen MR) is 144 cm³/mol. The van der Waals surface area contributed by atoms with Crippen molar-refractivity contribution in [3.63, 3.8) is 0 Å². The Morgan fingerprint density at radius 3 is 2.14 bits per heavy atom. The zero-order chi connectivity index (χ0) is 25.0. The molecule has 178 valence electrons. The maximum Gasteiger partial charge on any atom is 0.338 e. The van der Waals surface area contributed by atoms with Crippen molar-refractivity contribution in [1.82, 2.24) is 5.32 Å². The molecule has 5 rings (SSSR count). The van der Waals surface area contributed by atoms with Gasteiger partial charge in [0.2, 0.25) is 0 Å². The van der Waals surface area contributed by atoms with Gasteiger partial charge < -0.3 is 10.1 Å². The maximum absolute atomic E-state index is 14.1. The highest BCUT2D eigenvalue weighted by atomic mass is 79.9. The van der Waals surface area contributed by atoms with Crippen molar-refractivity contribution in [3.8, 4) is 0 Å². The Morgan fingerprint density at radius 2 is 1.47 bits per heavy atom. The van der Waals surface area contributed by atoms with E-state index in [1.54, 1.807) is 24.3 Å². The molecule has 0 saturated heterocycles. The smallest absolute Gasteiger partial charge is 0.338 e. The quantitative estimate of drug-likeness (QED) is 0.284. The summed E-state index contributed by atoms with van der Waals surface area (Å²) in [4.78, 5) is 27.5. The number of hydrogen-bond donors (Lipinski definition) is 1. The van der Waals surface area contributed by atoms with E-state index in [0.29, 0.717) is 11.3 Å². The molecule has 2 atom stereocenters. The van der Waals surface area contributed by atoms with E-state index in [-0.39, 0.29) is 12.3 Å². The maximum atomic E-state index is 14.1. The summed E-state index contributed by atoms with van der Waals surface area (Å²) in [5, 5.41) is 3.11. The van der Waals surface area contributed by atoms with E-state index in [1.807, 2.05) is 97.1 Å². The van der Waals surface area contributed by atoms with Crippen LogP contribution in [0.3, 0.4) is 0 Å². The fourth-order valence-corrected chi connectivity index (χ4v) is 5.02. The second-order valence-electron chi connectivity index (χ2n) is 8.77. The van der Waals surface area contributed by atoms with E-state index in [2.05, 4.69) is 21.2 Å². The monoisotopic (exact) mass is 537 g/mol. The van der Waals surface area contributed by atoms with Crippen LogP contribution >= 0.6 is 15.9 Å². The van der Waals surface area contributed by atoms with Crippen LogP contribution < -0.4 is 5.32 Å². The lowest BCUT2D eigenvalue weighted by Gasteiger charge is -2.41. The molecular weight excluding hydrogens is 514 g/mol. The first kappa shape index (κ1) is 23.8. The predicted octanol–water partition coefficient (Wildman–Crippen LogP) is 6.54. The summed E-state index contributed by atoms with van der Waals surface area (Å²) in [5.41, 5.74) is 1.73. The molecule has 5 heteroatoms. The first-order chi connectivity index (χ1) is 17.5. The van der Waals surface area contributed by atoms with E-state index in [4.69, 9.17) is 4.74 Å². The summed E-state index contributed by atoms with van der Waals surface area (Å²) in [6.45, 7) is 0. The van der Waals surface area contributed by atoms with Crippen LogP contribution in [0.2, 0.25) is 0 Å². The molecule has 0 aromatic heterocycles. The molecule has 1 N–H and O–H groups in total. The Labute approximate surface area is 218 Å². The summed E-state index contributed by atoms with van der Waals surface area (Å²) in [7, 11) is 0. The summed E-state index contributed by atoms with van der Waals surface area (Å²) in [6, 6.07) is 36.0. The molecule has 0 aliphatic carbocycles. The van der Waals surface area contributed by atoms with Crippen LogP contribution in [0.5, 0.6) is 0 Å². The van der Waals surface area contributed by atoms with Gasteiger partial charge in [0.15, 0.2) is 5.54 Å². The van der Waals surface area contributed by atoms with Crippen molar-refractivity contribution in [2.24, 2.45) is 0 Å². The normalized spacial score (nSPS) is 19.2. The average Bonchev–Trinajstić information content (AvgIpc) is 2.91. The molecule has 4 aromatic rings. The molecule has 1 aliphatic rings. The highest BCUT2D eigenvalue weighted by Gasteiger charge is 2.51. The zero-order valence-corrected chi connectivity index (χ0v) is 21.0. The molecule has 0 unspecified atom stereocenters. The van der Waals surface area contributed by atoms with Crippen LogP contribution in [0, 0.1) is 0 Å². The third-order valence-electron chi connectivity index (χ3n) is 6.38. The van der Waals surface area contributed by atoms with Crippen LogP contribution in [0.25, 0.3) is 5.76 Å². The number of cyclic esters (lactones) is 1. The van der Waals surface area contributed by atoms with Crippen molar-refractivity contribution in [1.29, 1.82) is 0 Å². The van der Waals surface area contributed by atoms with Crippen molar-refractivity contribution < 1.29 is 14.3 Å². The molecular formula is C31H24BrNO3. The number of benzene rings is 4. The molecule has 0 saturated carbocycles. The van der Waals surface area contributed by atoms with Crippen LogP contribution in [0.4, 0.5) is 0 Å². The van der Waals surface area contributed by atoms with Gasteiger partial charge in [-0.1, -0.05) is 107 Å². The van der Waals surface area contributed by atoms with E-state index in [1.165, 1.54) is 0 Å². The largest absolute Gasteiger partial charge is 0.424 e. The van der Waals surface area contributed by atoms with Crippen LogP contribution in [-0.4, -0.2) is 17.4 Å². The molecule has 4 aromatic carbocycles. The van der Waals surface area contributed by atoms with E-state index in [0.717, 1.165) is 21.2 Å². The van der Waals surface area contributed by atoms with Gasteiger partial charge in [-0.15, -0.1) is 0 Å². The number of amides is 1. The second-order valence-corrected chi connectivity index (χ2v) is 9.69. The average molecular weight is 538 g/mol. The lowest BCUT2D eigenvalue weighted by molar-refractivity contribution is -0.145. The first-order valence-electron chi connectivity index (χ1n) is 11.7. The van der Waals surface area contributed by atoms with Gasteiger partial charge in [-0.05, 0) is 41.5 Å². The molecule has 1 amide bonds. The highest BCUT2D eigenvalue weighted by molar-refractivity contribution is 9.10. The number of esters is 1. The third kappa shape index (κ3) is 4.88. The highest BCUT2D eigenvalue weighted by Crippen LogP contribution is 2.41. The Kier molecular flexibility index (Phi) is 6.83. The number of carbonyl (C=O) groups is 2. The van der Waals surface area contributed by atoms with Gasteiger partial charge in [-0.3, -0.25) is 4.79 Å². The van der Waals surface area contributed by atoms with Gasteiger partial charge in [0.05, 0.1) is 0 Å². The summed E-state index contributed by atoms with van der Waals surface area (Å²) >= 11 is 3.50. The van der Waals surface area contributed by atoms with Crippen molar-refractivity contribution >= 4 is 33.6 Å². The lowest BCUT2D eigenvalue weighted by atomic mass is 9.73. The Morgan fingerprint density at radius 1 is 0.833 bits per heavy atom. The molecule has 0 bridgehead atoms. The van der Waals surface area contributed by atoms with E-state index in [9.17, 15) is 9.59 Å². The SMILES string of the molecule is O=C(N[C@]1(Cc2ccccc2)C(=O)OC(c2cccc(Br)c2)=C[C@@H]1c1ccccc1)c1ccccc1. The minimum atomic E-state index is -1.36. The number of ether oxygens (including phenoxy) is 1. The molecule has 0 fully saturated rings. The van der Waals surface area contributed by atoms with Crippen LogP contribution in [0.15, 0.2) is 126 Å². The standard InChI is InChI=1S/C31H24BrNO3/c32-26-18-10-17-25(19-26)28-20-27(23-13-6-2-7-14-23)31(30(35)36-28,21-22-11-4-1-5-12-22)33-29(34)24-15-8-3-9-16-24/h1-20,27H,21H2,(H,33,34)/t27-,31+/m1/s1. The van der Waals surface area contributed by atoms with Crippen molar-refractivity contribution in [2.75, 3.05) is 0 Å². The topological polar surface area (TPSA) is 55.4 Å². The molecule has 1 heterocycles. The number of carbonyl (C=O) groups excluding carboxylic acids is 2. The molecule has 0 radical (unpaired) electrons. The second kappa shape index (κ2) is 10.3. The minimum absolute atomic E-state index is 0.271. The van der Waals surface area contributed by atoms with Crippen LogP contribution in [-0.2, 0) is 16.0 Å². The van der Waals surface area contributed by atoms with Crippen molar-refractivity contribution in [3.05, 3.63) is 148 Å². The van der Waals surface area contributed by atoms with Gasteiger partial charge in [-0.25, -0.2) is 4.79 Å². The van der Waals surface area contributed by atoms with Crippen LogP contribution in [0.1, 0.15) is 33.0 Å². The first-order valence-corrected chi connectivity index (χ1v) is 12.5. The fraction of sp³-hybridized carbons (Fsp3) is 0.0968. The molecule has 1 aliphatic heterocycles. The molecule has 4 nitrogen and oxygen atoms in total. The summed E-state index contributed by atoms with van der Waals surface area (Å²) < 4.78 is 6.87. The Hall–Kier alpha value is -3.96. The number of halogens is 1. The van der Waals surface area contributed by atoms with Gasteiger partial charge in [0.25, 0.3) is 5.91 Å². The summed E-state index contributed by atoms with van der Waals surface area (Å²) in [5.74, 6) is -0.833. The number of hydrogen-bond acceptors (Lipinski definition) is 3. The Bertz CT molecular complexity index is 1400.